The predicted octanol–water partition coefficient (Wildman–Crippen LogP) is 0.830. The summed E-state index contributed by atoms with van der Waals surface area (Å²) in [5, 5.41) is 2.75. The summed E-state index contributed by atoms with van der Waals surface area (Å²) < 4.78 is 0. The summed E-state index contributed by atoms with van der Waals surface area (Å²) >= 11 is 0. The van der Waals surface area contributed by atoms with Crippen LogP contribution in [0.2, 0.25) is 0 Å². The van der Waals surface area contributed by atoms with Gasteiger partial charge in [-0.3, -0.25) is 9.79 Å². The summed E-state index contributed by atoms with van der Waals surface area (Å²) in [7, 11) is 0. The van der Waals surface area contributed by atoms with Crippen molar-refractivity contribution in [2.45, 2.75) is 32.7 Å². The molecule has 1 atom stereocenters. The second-order valence-corrected chi connectivity index (χ2v) is 3.76. The average molecular weight is 218 g/mol. The molecule has 0 bridgehead atoms. The first-order valence-electron chi connectivity index (χ1n) is 5.39. The zero-order chi connectivity index (χ0) is 11.5. The Bertz CT molecular complexity index is 441. The van der Waals surface area contributed by atoms with Crippen molar-refractivity contribution < 1.29 is 4.79 Å². The molecule has 84 valence electrons. The molecule has 1 amide bonds. The van der Waals surface area contributed by atoms with Crippen molar-refractivity contribution in [3.8, 4) is 0 Å². The molecule has 1 aromatic rings. The highest BCUT2D eigenvalue weighted by molar-refractivity contribution is 6.12. The fraction of sp³-hybridized carbons (Fsp3) is 0.455. The third-order valence-electron chi connectivity index (χ3n) is 2.41. The van der Waals surface area contributed by atoms with Gasteiger partial charge in [-0.2, -0.15) is 0 Å². The largest absolute Gasteiger partial charge is 0.307 e. The fourth-order valence-electron chi connectivity index (χ4n) is 1.63. The lowest BCUT2D eigenvalue weighted by Gasteiger charge is -2.00. The second-order valence-electron chi connectivity index (χ2n) is 3.76. The van der Waals surface area contributed by atoms with Crippen LogP contribution in [0.4, 0.5) is 0 Å². The fourth-order valence-corrected chi connectivity index (χ4v) is 1.63. The number of nitrogens with zero attached hydrogens (tertiary/aromatic N) is 3. The van der Waals surface area contributed by atoms with E-state index in [4.69, 9.17) is 0 Å². The molecular formula is C11H14N4O. The molecule has 16 heavy (non-hydrogen) atoms. The first-order chi connectivity index (χ1) is 7.70. The standard InChI is InChI=1S/C11H14N4O/c1-3-4-9-11(16)15-10(14-9)8-5-6-12-7(2)13-8/h5-6,9H,3-4H2,1-2H3,(H,14,15,16). The van der Waals surface area contributed by atoms with Crippen LogP contribution in [-0.4, -0.2) is 27.8 Å². The van der Waals surface area contributed by atoms with Gasteiger partial charge in [-0.25, -0.2) is 9.97 Å². The Balaban J connectivity index is 2.23. The molecule has 0 saturated carbocycles. The monoisotopic (exact) mass is 218 g/mol. The maximum absolute atomic E-state index is 11.6. The van der Waals surface area contributed by atoms with Gasteiger partial charge in [0.15, 0.2) is 5.84 Å². The Morgan fingerprint density at radius 2 is 2.31 bits per heavy atom. The highest BCUT2D eigenvalue weighted by atomic mass is 16.2. The number of aliphatic imine (C=N–C) groups is 1. The Hall–Kier alpha value is -1.78. The van der Waals surface area contributed by atoms with Gasteiger partial charge in [0, 0.05) is 6.20 Å². The van der Waals surface area contributed by atoms with Crippen molar-refractivity contribution in [3.63, 3.8) is 0 Å². The number of aryl methyl sites for hydroxylation is 1. The van der Waals surface area contributed by atoms with E-state index in [0.717, 1.165) is 12.8 Å². The van der Waals surface area contributed by atoms with Crippen LogP contribution in [-0.2, 0) is 4.79 Å². The van der Waals surface area contributed by atoms with Crippen LogP contribution >= 0.6 is 0 Å². The van der Waals surface area contributed by atoms with E-state index in [1.165, 1.54) is 0 Å². The quantitative estimate of drug-likeness (QED) is 0.817. The molecule has 0 fully saturated rings. The molecule has 1 aliphatic heterocycles. The number of hydrogen-bond acceptors (Lipinski definition) is 4. The van der Waals surface area contributed by atoms with Gasteiger partial charge in [0.25, 0.3) is 0 Å². The van der Waals surface area contributed by atoms with Crippen LogP contribution in [0.5, 0.6) is 0 Å². The predicted molar refractivity (Wildman–Crippen MR) is 60.1 cm³/mol. The highest BCUT2D eigenvalue weighted by Gasteiger charge is 2.26. The van der Waals surface area contributed by atoms with Gasteiger partial charge >= 0.3 is 0 Å². The minimum absolute atomic E-state index is 0.0342. The topological polar surface area (TPSA) is 67.2 Å². The molecular weight excluding hydrogens is 204 g/mol. The molecule has 1 N–H and O–H groups in total. The van der Waals surface area contributed by atoms with E-state index in [1.54, 1.807) is 12.3 Å². The Kier molecular flexibility index (Phi) is 2.94. The van der Waals surface area contributed by atoms with E-state index in [-0.39, 0.29) is 11.9 Å². The van der Waals surface area contributed by atoms with Gasteiger partial charge in [0.05, 0.1) is 0 Å². The summed E-state index contributed by atoms with van der Waals surface area (Å²) in [6, 6.07) is 1.50. The normalized spacial score (nSPS) is 19.5. The molecule has 0 radical (unpaired) electrons. The van der Waals surface area contributed by atoms with E-state index < -0.39 is 0 Å². The summed E-state index contributed by atoms with van der Waals surface area (Å²) in [6.07, 6.45) is 3.39. The number of hydrogen-bond donors (Lipinski definition) is 1. The van der Waals surface area contributed by atoms with E-state index >= 15 is 0 Å². The van der Waals surface area contributed by atoms with Crippen molar-refractivity contribution in [2.24, 2.45) is 4.99 Å². The maximum atomic E-state index is 11.6. The van der Waals surface area contributed by atoms with E-state index in [9.17, 15) is 4.79 Å². The van der Waals surface area contributed by atoms with Gasteiger partial charge in [-0.15, -0.1) is 0 Å². The summed E-state index contributed by atoms with van der Waals surface area (Å²) in [5.74, 6) is 1.20. The number of amidine groups is 1. The Labute approximate surface area is 94.0 Å². The molecule has 1 aliphatic rings. The lowest BCUT2D eigenvalue weighted by Crippen LogP contribution is -2.29. The van der Waals surface area contributed by atoms with E-state index in [0.29, 0.717) is 17.4 Å². The summed E-state index contributed by atoms with van der Waals surface area (Å²) in [5.41, 5.74) is 0.680. The summed E-state index contributed by atoms with van der Waals surface area (Å²) in [6.45, 7) is 3.85. The first kappa shape index (κ1) is 10.7. The van der Waals surface area contributed by atoms with Crippen molar-refractivity contribution >= 4 is 11.7 Å². The van der Waals surface area contributed by atoms with Crippen LogP contribution in [0.25, 0.3) is 0 Å². The van der Waals surface area contributed by atoms with Crippen LogP contribution in [0.3, 0.4) is 0 Å². The molecule has 1 aromatic heterocycles. The molecule has 5 nitrogen and oxygen atoms in total. The van der Waals surface area contributed by atoms with Gasteiger partial charge in [-0.1, -0.05) is 13.3 Å². The number of amides is 1. The zero-order valence-electron chi connectivity index (χ0n) is 9.40. The molecule has 1 unspecified atom stereocenters. The third kappa shape index (κ3) is 2.08. The second kappa shape index (κ2) is 4.38. The maximum Gasteiger partial charge on any atom is 0.250 e. The zero-order valence-corrected chi connectivity index (χ0v) is 9.40. The minimum atomic E-state index is -0.254. The SMILES string of the molecule is CCCC1N=C(c2ccnc(C)n2)NC1=O. The van der Waals surface area contributed by atoms with Gasteiger partial charge in [0.2, 0.25) is 5.91 Å². The van der Waals surface area contributed by atoms with Gasteiger partial charge in [-0.05, 0) is 19.4 Å². The molecule has 2 heterocycles. The average Bonchev–Trinajstić information content (AvgIpc) is 2.61. The lowest BCUT2D eigenvalue weighted by atomic mass is 10.2. The van der Waals surface area contributed by atoms with Crippen LogP contribution in [0.1, 0.15) is 31.3 Å². The molecule has 0 aliphatic carbocycles. The summed E-state index contributed by atoms with van der Waals surface area (Å²) in [4.78, 5) is 24.1. The smallest absolute Gasteiger partial charge is 0.250 e. The van der Waals surface area contributed by atoms with Crippen LogP contribution < -0.4 is 5.32 Å². The van der Waals surface area contributed by atoms with Gasteiger partial charge < -0.3 is 5.32 Å². The van der Waals surface area contributed by atoms with Gasteiger partial charge in [0.1, 0.15) is 17.6 Å². The molecule has 0 spiro atoms. The number of rotatable bonds is 3. The number of nitrogens with one attached hydrogen (secondary N) is 1. The highest BCUT2D eigenvalue weighted by Crippen LogP contribution is 2.10. The number of carbonyl (C=O) groups excluding carboxylic acids is 1. The Morgan fingerprint density at radius 1 is 1.50 bits per heavy atom. The van der Waals surface area contributed by atoms with E-state index in [2.05, 4.69) is 20.3 Å². The number of carbonyl (C=O) groups is 1. The molecule has 5 heteroatoms. The van der Waals surface area contributed by atoms with Crippen molar-refractivity contribution in [3.05, 3.63) is 23.8 Å². The van der Waals surface area contributed by atoms with Crippen molar-refractivity contribution in [1.82, 2.24) is 15.3 Å². The van der Waals surface area contributed by atoms with Crippen molar-refractivity contribution in [1.29, 1.82) is 0 Å². The first-order valence-corrected chi connectivity index (χ1v) is 5.39. The Morgan fingerprint density at radius 3 is 3.00 bits per heavy atom. The van der Waals surface area contributed by atoms with Crippen molar-refractivity contribution in [2.75, 3.05) is 0 Å². The van der Waals surface area contributed by atoms with E-state index in [1.807, 2.05) is 13.8 Å². The van der Waals surface area contributed by atoms with Crippen LogP contribution in [0, 0.1) is 6.92 Å². The molecule has 0 saturated heterocycles. The van der Waals surface area contributed by atoms with Crippen LogP contribution in [0.15, 0.2) is 17.3 Å². The number of aromatic nitrogens is 2. The molecule has 2 rings (SSSR count). The molecule has 0 aromatic carbocycles. The lowest BCUT2D eigenvalue weighted by molar-refractivity contribution is -0.120. The third-order valence-corrected chi connectivity index (χ3v) is 2.41. The minimum Gasteiger partial charge on any atom is -0.307 e.